The van der Waals surface area contributed by atoms with Gasteiger partial charge in [0.25, 0.3) is 0 Å². The Balaban J connectivity index is 1.25. The van der Waals surface area contributed by atoms with Crippen molar-refractivity contribution in [3.8, 4) is 11.1 Å². The van der Waals surface area contributed by atoms with Crippen molar-refractivity contribution in [2.75, 3.05) is 20.3 Å². The fourth-order valence-electron chi connectivity index (χ4n) is 6.26. The molecule has 0 radical (unpaired) electrons. The number of amides is 2. The van der Waals surface area contributed by atoms with Crippen LogP contribution in [0, 0.1) is 17.8 Å². The second-order valence-electron chi connectivity index (χ2n) is 9.71. The summed E-state index contributed by atoms with van der Waals surface area (Å²) in [6.45, 7) is 0.0822. The topological polar surface area (TPSA) is 114 Å². The summed E-state index contributed by atoms with van der Waals surface area (Å²) in [5, 5.41) is 14.9. The largest absolute Gasteiger partial charge is 0.480 e. The molecule has 2 saturated carbocycles. The molecule has 5 rings (SSSR count). The van der Waals surface area contributed by atoms with Gasteiger partial charge in [0.1, 0.15) is 6.61 Å². The number of carbonyl (C=O) groups is 3. The monoisotopic (exact) mass is 478 g/mol. The highest BCUT2D eigenvalue weighted by atomic mass is 16.5. The highest BCUT2D eigenvalue weighted by Gasteiger charge is 2.52. The Bertz CT molecular complexity index is 1090. The molecule has 8 nitrogen and oxygen atoms in total. The zero-order chi connectivity index (χ0) is 24.5. The number of hydrogen-bond donors (Lipinski definition) is 3. The average Bonchev–Trinajstić information content (AvgIpc) is 3.54. The molecule has 184 valence electrons. The van der Waals surface area contributed by atoms with Gasteiger partial charge in [0.05, 0.1) is 12.5 Å². The van der Waals surface area contributed by atoms with Crippen LogP contribution in [0.4, 0.5) is 4.79 Å². The van der Waals surface area contributed by atoms with Crippen LogP contribution in [0.3, 0.4) is 0 Å². The van der Waals surface area contributed by atoms with Gasteiger partial charge in [0, 0.05) is 19.1 Å². The molecule has 0 aliphatic heterocycles. The van der Waals surface area contributed by atoms with Crippen LogP contribution >= 0.6 is 0 Å². The number of carboxylic acids is 1. The van der Waals surface area contributed by atoms with Crippen LogP contribution in [0.2, 0.25) is 0 Å². The summed E-state index contributed by atoms with van der Waals surface area (Å²) in [7, 11) is 1.39. The van der Waals surface area contributed by atoms with Crippen molar-refractivity contribution < 1.29 is 29.0 Å². The van der Waals surface area contributed by atoms with E-state index in [4.69, 9.17) is 9.47 Å². The molecule has 3 aliphatic carbocycles. The second kappa shape index (κ2) is 9.70. The van der Waals surface area contributed by atoms with Crippen LogP contribution in [0.25, 0.3) is 11.1 Å². The van der Waals surface area contributed by atoms with Gasteiger partial charge in [-0.25, -0.2) is 9.59 Å². The fourth-order valence-corrected chi connectivity index (χ4v) is 6.26. The SMILES string of the molecule is COC[C@H](NC(=O)C1C2CCC(C2)C1NC(=O)OCC1c2ccccc2-c2ccccc21)C(=O)O. The number of carboxylic acid groups (broad SMARTS) is 1. The Morgan fingerprint density at radius 3 is 2.26 bits per heavy atom. The first-order valence-electron chi connectivity index (χ1n) is 12.1. The molecule has 3 N–H and O–H groups in total. The number of ether oxygens (including phenoxy) is 2. The number of aliphatic carboxylic acids is 1. The number of methoxy groups -OCH3 is 1. The molecule has 4 unspecified atom stereocenters. The molecule has 2 bridgehead atoms. The quantitative estimate of drug-likeness (QED) is 0.537. The van der Waals surface area contributed by atoms with Crippen molar-refractivity contribution in [2.24, 2.45) is 17.8 Å². The van der Waals surface area contributed by atoms with E-state index in [1.165, 1.54) is 7.11 Å². The lowest BCUT2D eigenvalue weighted by molar-refractivity contribution is -0.144. The van der Waals surface area contributed by atoms with Crippen LogP contribution in [-0.4, -0.2) is 55.5 Å². The summed E-state index contributed by atoms with van der Waals surface area (Å²) in [6, 6.07) is 14.8. The maximum Gasteiger partial charge on any atom is 0.407 e. The Hall–Kier alpha value is -3.39. The third-order valence-electron chi connectivity index (χ3n) is 7.80. The molecular weight excluding hydrogens is 448 g/mol. The van der Waals surface area contributed by atoms with E-state index in [0.29, 0.717) is 0 Å². The highest BCUT2D eigenvalue weighted by molar-refractivity contribution is 5.86. The molecule has 5 atom stereocenters. The minimum Gasteiger partial charge on any atom is -0.480 e. The highest BCUT2D eigenvalue weighted by Crippen LogP contribution is 2.49. The summed E-state index contributed by atoms with van der Waals surface area (Å²) >= 11 is 0. The maximum atomic E-state index is 13.0. The molecule has 35 heavy (non-hydrogen) atoms. The molecule has 3 aliphatic rings. The van der Waals surface area contributed by atoms with Gasteiger partial charge in [0.15, 0.2) is 6.04 Å². The van der Waals surface area contributed by atoms with E-state index < -0.39 is 24.0 Å². The molecule has 2 fully saturated rings. The normalized spacial score (nSPS) is 24.9. The third kappa shape index (κ3) is 4.38. The number of fused-ring (bicyclic) bond motifs is 5. The minimum absolute atomic E-state index is 0.0438. The van der Waals surface area contributed by atoms with Gasteiger partial charge in [-0.15, -0.1) is 0 Å². The molecule has 8 heteroatoms. The molecule has 2 amide bonds. The predicted octanol–water partition coefficient (Wildman–Crippen LogP) is 3.16. The van der Waals surface area contributed by atoms with E-state index in [1.807, 2.05) is 24.3 Å². The number of rotatable bonds is 8. The molecule has 0 spiro atoms. The van der Waals surface area contributed by atoms with Crippen LogP contribution in [0.1, 0.15) is 36.3 Å². The number of alkyl carbamates (subject to hydrolysis) is 1. The number of nitrogens with one attached hydrogen (secondary N) is 2. The van der Waals surface area contributed by atoms with Crippen molar-refractivity contribution >= 4 is 18.0 Å². The summed E-state index contributed by atoms with van der Waals surface area (Å²) in [5.74, 6) is -1.72. The van der Waals surface area contributed by atoms with E-state index in [1.54, 1.807) is 0 Å². The number of carbonyl (C=O) groups excluding carboxylic acids is 2. The molecule has 0 aromatic heterocycles. The maximum absolute atomic E-state index is 13.0. The molecule has 2 aromatic rings. The van der Waals surface area contributed by atoms with Crippen LogP contribution < -0.4 is 10.6 Å². The molecule has 0 saturated heterocycles. The van der Waals surface area contributed by atoms with E-state index in [0.717, 1.165) is 41.5 Å². The Morgan fingerprint density at radius 2 is 1.63 bits per heavy atom. The lowest BCUT2D eigenvalue weighted by Gasteiger charge is -2.31. The van der Waals surface area contributed by atoms with Gasteiger partial charge in [-0.1, -0.05) is 48.5 Å². The first-order chi connectivity index (χ1) is 17.0. The first-order valence-corrected chi connectivity index (χ1v) is 12.1. The summed E-state index contributed by atoms with van der Waals surface area (Å²) in [5.41, 5.74) is 4.59. The zero-order valence-electron chi connectivity index (χ0n) is 19.6. The van der Waals surface area contributed by atoms with Gasteiger partial charge in [0.2, 0.25) is 5.91 Å². The Morgan fingerprint density at radius 1 is 1.00 bits per heavy atom. The summed E-state index contributed by atoms with van der Waals surface area (Å²) in [4.78, 5) is 37.4. The zero-order valence-corrected chi connectivity index (χ0v) is 19.6. The Kier molecular flexibility index (Phi) is 6.47. The standard InChI is InChI=1S/C27H30N2O6/c1-34-14-22(26(31)32)28-25(30)23-15-10-11-16(12-15)24(23)29-27(33)35-13-21-19-8-4-2-6-17(19)18-7-3-5-9-20(18)21/h2-9,15-16,21-24H,10-14H2,1H3,(H,28,30)(H,29,33)(H,31,32)/t15?,16?,22-,23?,24?/m0/s1. The van der Waals surface area contributed by atoms with Gasteiger partial charge in [-0.2, -0.15) is 0 Å². The van der Waals surface area contributed by atoms with Gasteiger partial charge < -0.3 is 25.2 Å². The average molecular weight is 479 g/mol. The summed E-state index contributed by atoms with van der Waals surface area (Å²) < 4.78 is 10.6. The smallest absolute Gasteiger partial charge is 0.407 e. The first kappa shape index (κ1) is 23.4. The Labute approximate surface area is 204 Å². The number of hydrogen-bond acceptors (Lipinski definition) is 5. The van der Waals surface area contributed by atoms with E-state index in [9.17, 15) is 19.5 Å². The molecule has 2 aromatic carbocycles. The third-order valence-corrected chi connectivity index (χ3v) is 7.80. The van der Waals surface area contributed by atoms with Gasteiger partial charge in [-0.05, 0) is 53.4 Å². The van der Waals surface area contributed by atoms with E-state index >= 15 is 0 Å². The molecule has 0 heterocycles. The van der Waals surface area contributed by atoms with Crippen molar-refractivity contribution in [2.45, 2.75) is 37.3 Å². The number of benzene rings is 2. The van der Waals surface area contributed by atoms with Crippen LogP contribution in [0.5, 0.6) is 0 Å². The molecular formula is C27H30N2O6. The van der Waals surface area contributed by atoms with Crippen molar-refractivity contribution in [1.82, 2.24) is 10.6 Å². The summed E-state index contributed by atoms with van der Waals surface area (Å²) in [6.07, 6.45) is 2.12. The van der Waals surface area contributed by atoms with Gasteiger partial charge >= 0.3 is 12.1 Å². The van der Waals surface area contributed by atoms with Gasteiger partial charge in [-0.3, -0.25) is 4.79 Å². The second-order valence-corrected chi connectivity index (χ2v) is 9.71. The lowest BCUT2D eigenvalue weighted by Crippen LogP contribution is -2.53. The minimum atomic E-state index is -1.15. The van der Waals surface area contributed by atoms with Crippen LogP contribution in [-0.2, 0) is 19.1 Å². The predicted molar refractivity (Wildman–Crippen MR) is 128 cm³/mol. The van der Waals surface area contributed by atoms with Crippen molar-refractivity contribution in [1.29, 1.82) is 0 Å². The van der Waals surface area contributed by atoms with E-state index in [2.05, 4.69) is 34.9 Å². The van der Waals surface area contributed by atoms with E-state index in [-0.39, 0.29) is 42.9 Å². The lowest BCUT2D eigenvalue weighted by atomic mass is 9.83. The fraction of sp³-hybridized carbons (Fsp3) is 0.444. The van der Waals surface area contributed by atoms with Crippen LogP contribution in [0.15, 0.2) is 48.5 Å². The van der Waals surface area contributed by atoms with Crippen molar-refractivity contribution in [3.63, 3.8) is 0 Å². The van der Waals surface area contributed by atoms with Crippen molar-refractivity contribution in [3.05, 3.63) is 59.7 Å².